The lowest BCUT2D eigenvalue weighted by Gasteiger charge is -2.18. The summed E-state index contributed by atoms with van der Waals surface area (Å²) in [6.45, 7) is 3.53. The van der Waals surface area contributed by atoms with Crippen molar-refractivity contribution in [2.45, 2.75) is 49.9 Å². The van der Waals surface area contributed by atoms with E-state index < -0.39 is 43.7 Å². The van der Waals surface area contributed by atoms with Crippen LogP contribution in [0, 0.1) is 0 Å². The van der Waals surface area contributed by atoms with Gasteiger partial charge in [0.1, 0.15) is 10.9 Å². The van der Waals surface area contributed by atoms with Crippen LogP contribution in [0.5, 0.6) is 0 Å². The molecule has 0 aliphatic rings. The summed E-state index contributed by atoms with van der Waals surface area (Å²) in [6, 6.07) is -0.209. The van der Waals surface area contributed by atoms with Crippen molar-refractivity contribution < 1.29 is 36.3 Å². The molecule has 3 N–H and O–H groups in total. The lowest BCUT2D eigenvalue weighted by Crippen LogP contribution is -2.43. The first kappa shape index (κ1) is 31.2. The number of amides is 2. The average molecular weight is 605 g/mol. The van der Waals surface area contributed by atoms with E-state index in [1.807, 2.05) is 0 Å². The predicted octanol–water partition coefficient (Wildman–Crippen LogP) is 3.48. The summed E-state index contributed by atoms with van der Waals surface area (Å²) in [5.74, 6) is -0.995. The van der Waals surface area contributed by atoms with Crippen LogP contribution in [0.15, 0.2) is 17.0 Å². The van der Waals surface area contributed by atoms with Gasteiger partial charge in [-0.3, -0.25) is 9.59 Å². The predicted molar refractivity (Wildman–Crippen MR) is 134 cm³/mol. The third kappa shape index (κ3) is 8.01. The van der Waals surface area contributed by atoms with Crippen molar-refractivity contribution in [2.75, 3.05) is 20.6 Å². The highest BCUT2D eigenvalue weighted by molar-refractivity contribution is 7.89. The summed E-state index contributed by atoms with van der Waals surface area (Å²) in [7, 11) is -1.68. The van der Waals surface area contributed by atoms with Gasteiger partial charge in [-0.15, -0.1) is 11.3 Å². The van der Waals surface area contributed by atoms with E-state index in [1.165, 1.54) is 43.6 Å². The number of halogens is 5. The molecule has 37 heavy (non-hydrogen) atoms. The molecule has 2 aromatic rings. The second-order valence-corrected chi connectivity index (χ2v) is 12.3. The molecule has 0 saturated heterocycles. The zero-order valence-electron chi connectivity index (χ0n) is 20.3. The molecule has 1 atom stereocenters. The van der Waals surface area contributed by atoms with Crippen LogP contribution in [0.4, 0.5) is 13.2 Å². The number of sulfonamides is 1. The topological polar surface area (TPSA) is 129 Å². The standard InChI is InChI=1S/C21H25Cl2F3N4O5S2/c1-10(21(24,25)26)29-37(34,35)13-7-6-11(15(22)16(13)23)17-12(8-14(31)30(4)5)28-19(36-17)18(32)27-9-20(2,3)33/h6-7,10,29,33H,8-9H2,1-5H3,(H,27,32). The third-order valence-corrected chi connectivity index (χ3v) is 8.50. The molecule has 206 valence electrons. The van der Waals surface area contributed by atoms with E-state index >= 15 is 0 Å². The summed E-state index contributed by atoms with van der Waals surface area (Å²) in [5.41, 5.74) is -0.931. The molecule has 1 aromatic heterocycles. The van der Waals surface area contributed by atoms with E-state index in [0.717, 1.165) is 17.4 Å². The number of aromatic nitrogens is 1. The minimum absolute atomic E-state index is 0.0645. The Kier molecular flexibility index (Phi) is 9.64. The van der Waals surface area contributed by atoms with Gasteiger partial charge in [-0.2, -0.15) is 17.9 Å². The molecule has 0 spiro atoms. The van der Waals surface area contributed by atoms with Gasteiger partial charge in [0.05, 0.1) is 32.6 Å². The van der Waals surface area contributed by atoms with Crippen LogP contribution in [-0.4, -0.2) is 73.7 Å². The zero-order valence-corrected chi connectivity index (χ0v) is 23.5. The molecule has 2 rings (SSSR count). The van der Waals surface area contributed by atoms with Crippen molar-refractivity contribution in [1.29, 1.82) is 0 Å². The van der Waals surface area contributed by atoms with Gasteiger partial charge in [-0.05, 0) is 26.8 Å². The molecule has 1 aromatic carbocycles. The van der Waals surface area contributed by atoms with Crippen molar-refractivity contribution in [2.24, 2.45) is 0 Å². The lowest BCUT2D eigenvalue weighted by molar-refractivity contribution is -0.147. The summed E-state index contributed by atoms with van der Waals surface area (Å²) in [6.07, 6.45) is -5.07. The molecule has 1 unspecified atom stereocenters. The lowest BCUT2D eigenvalue weighted by atomic mass is 10.1. The van der Waals surface area contributed by atoms with E-state index in [0.29, 0.717) is 6.92 Å². The number of nitrogens with zero attached hydrogens (tertiary/aromatic N) is 2. The minimum Gasteiger partial charge on any atom is -0.389 e. The van der Waals surface area contributed by atoms with Crippen molar-refractivity contribution >= 4 is 56.4 Å². The SMILES string of the molecule is CC(NS(=O)(=O)c1ccc(-c2sc(C(=O)NCC(C)(C)O)nc2CC(=O)N(C)C)c(Cl)c1Cl)C(F)(F)F. The van der Waals surface area contributed by atoms with E-state index in [9.17, 15) is 36.3 Å². The van der Waals surface area contributed by atoms with Crippen LogP contribution in [0.1, 0.15) is 36.3 Å². The highest BCUT2D eigenvalue weighted by Crippen LogP contribution is 2.41. The van der Waals surface area contributed by atoms with Crippen LogP contribution >= 0.6 is 34.5 Å². The van der Waals surface area contributed by atoms with Crippen molar-refractivity contribution in [3.63, 3.8) is 0 Å². The number of carbonyl (C=O) groups is 2. The summed E-state index contributed by atoms with van der Waals surface area (Å²) < 4.78 is 65.3. The maximum Gasteiger partial charge on any atom is 0.404 e. The number of thiazole rings is 1. The molecule has 9 nitrogen and oxygen atoms in total. The Morgan fingerprint density at radius 3 is 2.30 bits per heavy atom. The molecule has 0 aliphatic carbocycles. The molecular formula is C21H25Cl2F3N4O5S2. The number of hydrogen-bond donors (Lipinski definition) is 3. The normalized spacial score (nSPS) is 13.4. The Morgan fingerprint density at radius 1 is 1.19 bits per heavy atom. The first-order valence-corrected chi connectivity index (χ1v) is 13.6. The molecular weight excluding hydrogens is 580 g/mol. The van der Waals surface area contributed by atoms with Crippen LogP contribution in [0.2, 0.25) is 10.0 Å². The maximum absolute atomic E-state index is 12.9. The highest BCUT2D eigenvalue weighted by atomic mass is 35.5. The molecule has 2 amide bonds. The van der Waals surface area contributed by atoms with Crippen molar-refractivity contribution in [3.8, 4) is 10.4 Å². The fourth-order valence-electron chi connectivity index (χ4n) is 2.73. The van der Waals surface area contributed by atoms with E-state index in [2.05, 4.69) is 10.3 Å². The minimum atomic E-state index is -4.83. The number of alkyl halides is 3. The van der Waals surface area contributed by atoms with Gasteiger partial charge in [0.2, 0.25) is 15.9 Å². The fourth-order valence-corrected chi connectivity index (χ4v) is 5.91. The smallest absolute Gasteiger partial charge is 0.389 e. The van der Waals surface area contributed by atoms with Crippen LogP contribution < -0.4 is 10.0 Å². The van der Waals surface area contributed by atoms with E-state index in [-0.39, 0.29) is 45.0 Å². The number of benzene rings is 1. The Hall–Kier alpha value is -1.97. The first-order chi connectivity index (χ1) is 16.7. The molecule has 0 aliphatic heterocycles. The molecule has 0 radical (unpaired) electrons. The highest BCUT2D eigenvalue weighted by Gasteiger charge is 2.39. The van der Waals surface area contributed by atoms with E-state index in [4.69, 9.17) is 23.2 Å². The number of hydrogen-bond acceptors (Lipinski definition) is 7. The van der Waals surface area contributed by atoms with Gasteiger partial charge in [0, 0.05) is 26.2 Å². The second kappa shape index (κ2) is 11.4. The first-order valence-electron chi connectivity index (χ1n) is 10.5. The van der Waals surface area contributed by atoms with Gasteiger partial charge in [0.15, 0.2) is 5.01 Å². The largest absolute Gasteiger partial charge is 0.404 e. The van der Waals surface area contributed by atoms with Gasteiger partial charge < -0.3 is 15.3 Å². The second-order valence-electron chi connectivity index (χ2n) is 8.88. The van der Waals surface area contributed by atoms with Gasteiger partial charge in [-0.1, -0.05) is 29.3 Å². The fraction of sp³-hybridized carbons (Fsp3) is 0.476. The van der Waals surface area contributed by atoms with Crippen LogP contribution in [0.3, 0.4) is 0 Å². The molecule has 0 fully saturated rings. The van der Waals surface area contributed by atoms with Crippen LogP contribution in [0.25, 0.3) is 10.4 Å². The van der Waals surface area contributed by atoms with E-state index in [1.54, 1.807) is 0 Å². The third-order valence-electron chi connectivity index (χ3n) is 4.79. The number of rotatable bonds is 9. The Balaban J connectivity index is 2.56. The monoisotopic (exact) mass is 604 g/mol. The molecule has 1 heterocycles. The molecule has 16 heteroatoms. The molecule has 0 bridgehead atoms. The van der Waals surface area contributed by atoms with Gasteiger partial charge in [-0.25, -0.2) is 13.4 Å². The number of aliphatic hydroxyl groups is 1. The Morgan fingerprint density at radius 2 is 1.78 bits per heavy atom. The van der Waals surface area contributed by atoms with Gasteiger partial charge in [0.25, 0.3) is 5.91 Å². The number of nitrogens with one attached hydrogen (secondary N) is 2. The maximum atomic E-state index is 12.9. The zero-order chi connectivity index (χ0) is 28.5. The molecule has 0 saturated carbocycles. The quantitative estimate of drug-likeness (QED) is 0.402. The summed E-state index contributed by atoms with van der Waals surface area (Å²) in [5, 5.41) is 11.4. The van der Waals surface area contributed by atoms with Crippen LogP contribution in [-0.2, 0) is 21.2 Å². The summed E-state index contributed by atoms with van der Waals surface area (Å²) >= 11 is 13.4. The Bertz CT molecular complexity index is 1290. The van der Waals surface area contributed by atoms with Gasteiger partial charge >= 0.3 is 6.18 Å². The number of carbonyl (C=O) groups excluding carboxylic acids is 2. The average Bonchev–Trinajstić information content (AvgIpc) is 3.15. The van der Waals surface area contributed by atoms with Crippen molar-refractivity contribution in [3.05, 3.63) is 32.9 Å². The summed E-state index contributed by atoms with van der Waals surface area (Å²) in [4.78, 5) is 30.1. The Labute approximate surface area is 226 Å². The van der Waals surface area contributed by atoms with Crippen molar-refractivity contribution in [1.82, 2.24) is 19.9 Å². The number of likely N-dealkylation sites (N-methyl/N-ethyl adjacent to an activating group) is 1.